The molecule has 0 bridgehead atoms. The van der Waals surface area contributed by atoms with Crippen LogP contribution in [0.4, 0.5) is 5.69 Å². The molecule has 0 radical (unpaired) electrons. The van der Waals surface area contributed by atoms with Crippen LogP contribution >= 0.6 is 11.6 Å². The van der Waals surface area contributed by atoms with Gasteiger partial charge in [0.15, 0.2) is 0 Å². The number of fused-ring (bicyclic) bond motifs is 1. The lowest BCUT2D eigenvalue weighted by atomic mass is 10.00. The normalized spacial score (nSPS) is 13.9. The van der Waals surface area contributed by atoms with E-state index in [9.17, 15) is 4.79 Å². The number of rotatable bonds is 3. The zero-order valence-corrected chi connectivity index (χ0v) is 13.3. The predicted octanol–water partition coefficient (Wildman–Crippen LogP) is 3.21. The summed E-state index contributed by atoms with van der Waals surface area (Å²) in [5.41, 5.74) is 3.66. The van der Waals surface area contributed by atoms with Gasteiger partial charge in [0.1, 0.15) is 6.07 Å². The number of nitrogens with zero attached hydrogens (tertiary/aromatic N) is 2. The number of carbonyl (C=O) groups excluding carboxylic acids is 1. The van der Waals surface area contributed by atoms with Crippen LogP contribution in [-0.4, -0.2) is 23.9 Å². The molecule has 0 unspecified atom stereocenters. The maximum Gasteiger partial charge on any atom is 0.238 e. The van der Waals surface area contributed by atoms with E-state index in [0.717, 1.165) is 19.5 Å². The van der Waals surface area contributed by atoms with Crippen LogP contribution in [0.15, 0.2) is 42.5 Å². The number of halogens is 1. The highest BCUT2D eigenvalue weighted by Gasteiger charge is 2.18. The monoisotopic (exact) mass is 325 g/mol. The maximum atomic E-state index is 12.2. The van der Waals surface area contributed by atoms with Gasteiger partial charge in [0.2, 0.25) is 5.91 Å². The van der Waals surface area contributed by atoms with Crippen molar-refractivity contribution >= 4 is 23.2 Å². The standard InChI is InChI=1S/C18H16ClN3O/c19-17-9-16(6-5-14(17)10-20)21-18(23)12-22-8-7-13-3-1-2-4-15(13)11-22/h1-6,9H,7-8,11-12H2,(H,21,23). The smallest absolute Gasteiger partial charge is 0.238 e. The molecule has 5 heteroatoms. The molecule has 0 saturated heterocycles. The van der Waals surface area contributed by atoms with Crippen LogP contribution in [0.25, 0.3) is 0 Å². The lowest BCUT2D eigenvalue weighted by Gasteiger charge is -2.28. The Bertz CT molecular complexity index is 782. The lowest BCUT2D eigenvalue weighted by molar-refractivity contribution is -0.117. The third-order valence-corrected chi connectivity index (χ3v) is 4.26. The van der Waals surface area contributed by atoms with Gasteiger partial charge in [-0.05, 0) is 35.7 Å². The van der Waals surface area contributed by atoms with Crippen LogP contribution in [0, 0.1) is 11.3 Å². The van der Waals surface area contributed by atoms with Crippen LogP contribution in [0.1, 0.15) is 16.7 Å². The first-order valence-electron chi connectivity index (χ1n) is 7.44. The Hall–Kier alpha value is -2.35. The zero-order valence-electron chi connectivity index (χ0n) is 12.6. The van der Waals surface area contributed by atoms with Gasteiger partial charge in [-0.3, -0.25) is 9.69 Å². The Morgan fingerprint density at radius 2 is 2.04 bits per heavy atom. The molecule has 2 aromatic rings. The van der Waals surface area contributed by atoms with E-state index in [0.29, 0.717) is 22.8 Å². The second-order valence-electron chi connectivity index (χ2n) is 5.58. The van der Waals surface area contributed by atoms with Crippen molar-refractivity contribution in [1.82, 2.24) is 4.90 Å². The van der Waals surface area contributed by atoms with Crippen molar-refractivity contribution in [3.05, 3.63) is 64.2 Å². The van der Waals surface area contributed by atoms with Crippen LogP contribution < -0.4 is 5.32 Å². The first-order chi connectivity index (χ1) is 11.2. The fourth-order valence-electron chi connectivity index (χ4n) is 2.78. The highest BCUT2D eigenvalue weighted by Crippen LogP contribution is 2.21. The summed E-state index contributed by atoms with van der Waals surface area (Å²) in [7, 11) is 0. The topological polar surface area (TPSA) is 56.1 Å². The second-order valence-corrected chi connectivity index (χ2v) is 5.99. The molecule has 0 spiro atoms. The summed E-state index contributed by atoms with van der Waals surface area (Å²) in [4.78, 5) is 14.3. The molecule has 2 aromatic carbocycles. The molecule has 4 nitrogen and oxygen atoms in total. The van der Waals surface area contributed by atoms with E-state index in [1.54, 1.807) is 18.2 Å². The van der Waals surface area contributed by atoms with Crippen molar-refractivity contribution in [2.24, 2.45) is 0 Å². The largest absolute Gasteiger partial charge is 0.325 e. The molecule has 0 aromatic heterocycles. The number of anilines is 1. The third kappa shape index (κ3) is 3.70. The van der Waals surface area contributed by atoms with Gasteiger partial charge in [-0.2, -0.15) is 5.26 Å². The average Bonchev–Trinajstić information content (AvgIpc) is 2.55. The highest BCUT2D eigenvalue weighted by atomic mass is 35.5. The first kappa shape index (κ1) is 15.5. The Morgan fingerprint density at radius 1 is 1.26 bits per heavy atom. The Balaban J connectivity index is 1.60. The quantitative estimate of drug-likeness (QED) is 0.942. The molecule has 0 saturated carbocycles. The van der Waals surface area contributed by atoms with Crippen molar-refractivity contribution in [2.75, 3.05) is 18.4 Å². The third-order valence-electron chi connectivity index (χ3n) is 3.95. The van der Waals surface area contributed by atoms with Crippen molar-refractivity contribution in [1.29, 1.82) is 5.26 Å². The van der Waals surface area contributed by atoms with Crippen LogP contribution in [-0.2, 0) is 17.8 Å². The van der Waals surface area contributed by atoms with Gasteiger partial charge in [-0.25, -0.2) is 0 Å². The minimum Gasteiger partial charge on any atom is -0.325 e. The molecule has 1 aliphatic heterocycles. The molecule has 1 N–H and O–H groups in total. The second kappa shape index (κ2) is 6.82. The molecule has 1 aliphatic rings. The van der Waals surface area contributed by atoms with Crippen molar-refractivity contribution in [2.45, 2.75) is 13.0 Å². The number of nitrogens with one attached hydrogen (secondary N) is 1. The van der Waals surface area contributed by atoms with E-state index < -0.39 is 0 Å². The molecule has 0 fully saturated rings. The fraction of sp³-hybridized carbons (Fsp3) is 0.222. The van der Waals surface area contributed by atoms with E-state index in [1.165, 1.54) is 11.1 Å². The summed E-state index contributed by atoms with van der Waals surface area (Å²) in [6, 6.07) is 15.2. The molecule has 0 aliphatic carbocycles. The van der Waals surface area contributed by atoms with Crippen LogP contribution in [0.5, 0.6) is 0 Å². The van der Waals surface area contributed by atoms with E-state index in [2.05, 4.69) is 28.4 Å². The molecule has 0 atom stereocenters. The minimum absolute atomic E-state index is 0.0786. The van der Waals surface area contributed by atoms with Crippen LogP contribution in [0.2, 0.25) is 5.02 Å². The van der Waals surface area contributed by atoms with Crippen LogP contribution in [0.3, 0.4) is 0 Å². The van der Waals surface area contributed by atoms with Crippen molar-refractivity contribution in [3.63, 3.8) is 0 Å². The molecular weight excluding hydrogens is 310 g/mol. The minimum atomic E-state index is -0.0786. The van der Waals surface area contributed by atoms with E-state index in [-0.39, 0.29) is 5.91 Å². The van der Waals surface area contributed by atoms with Gasteiger partial charge in [0, 0.05) is 18.8 Å². The summed E-state index contributed by atoms with van der Waals surface area (Å²) in [6.07, 6.45) is 0.964. The number of benzene rings is 2. The SMILES string of the molecule is N#Cc1ccc(NC(=O)CN2CCc3ccccc3C2)cc1Cl. The molecule has 116 valence electrons. The molecule has 1 amide bonds. The average molecular weight is 326 g/mol. The van der Waals surface area contributed by atoms with Crippen molar-refractivity contribution in [3.8, 4) is 6.07 Å². The fourth-order valence-corrected chi connectivity index (χ4v) is 3.00. The summed E-state index contributed by atoms with van der Waals surface area (Å²) in [6.45, 7) is 2.00. The Morgan fingerprint density at radius 3 is 2.78 bits per heavy atom. The van der Waals surface area contributed by atoms with Gasteiger partial charge in [-0.1, -0.05) is 35.9 Å². The highest BCUT2D eigenvalue weighted by molar-refractivity contribution is 6.32. The Labute approximate surface area is 140 Å². The number of amides is 1. The van der Waals surface area contributed by atoms with Crippen molar-refractivity contribution < 1.29 is 4.79 Å². The van der Waals surface area contributed by atoms with Gasteiger partial charge in [0.25, 0.3) is 0 Å². The summed E-state index contributed by atoms with van der Waals surface area (Å²) in [5, 5.41) is 12.0. The lowest BCUT2D eigenvalue weighted by Crippen LogP contribution is -2.37. The summed E-state index contributed by atoms with van der Waals surface area (Å²) < 4.78 is 0. The van der Waals surface area contributed by atoms with E-state index >= 15 is 0 Å². The number of hydrogen-bond donors (Lipinski definition) is 1. The summed E-state index contributed by atoms with van der Waals surface area (Å²) >= 11 is 5.98. The summed E-state index contributed by atoms with van der Waals surface area (Å²) in [5.74, 6) is -0.0786. The molecule has 1 heterocycles. The molecule has 23 heavy (non-hydrogen) atoms. The first-order valence-corrected chi connectivity index (χ1v) is 7.82. The van der Waals surface area contributed by atoms with Gasteiger partial charge >= 0.3 is 0 Å². The molecular formula is C18H16ClN3O. The van der Waals surface area contributed by atoms with Gasteiger partial charge in [-0.15, -0.1) is 0 Å². The Kier molecular flexibility index (Phi) is 4.61. The van der Waals surface area contributed by atoms with Gasteiger partial charge < -0.3 is 5.32 Å². The van der Waals surface area contributed by atoms with E-state index in [4.69, 9.17) is 16.9 Å². The molecule has 3 rings (SSSR count). The number of carbonyl (C=O) groups is 1. The van der Waals surface area contributed by atoms with Gasteiger partial charge in [0.05, 0.1) is 17.1 Å². The number of nitriles is 1. The zero-order chi connectivity index (χ0) is 16.2. The maximum absolute atomic E-state index is 12.2. The number of hydrogen-bond acceptors (Lipinski definition) is 3. The van der Waals surface area contributed by atoms with E-state index in [1.807, 2.05) is 12.1 Å². The predicted molar refractivity (Wildman–Crippen MR) is 90.2 cm³/mol.